The van der Waals surface area contributed by atoms with Gasteiger partial charge >= 0.3 is 0 Å². The molecule has 1 heterocycles. The van der Waals surface area contributed by atoms with E-state index in [4.69, 9.17) is 5.73 Å². The molecule has 0 radical (unpaired) electrons. The Morgan fingerprint density at radius 1 is 1.46 bits per heavy atom. The van der Waals surface area contributed by atoms with Crippen molar-refractivity contribution in [3.63, 3.8) is 0 Å². The van der Waals surface area contributed by atoms with Gasteiger partial charge in [0.05, 0.1) is 12.4 Å². The van der Waals surface area contributed by atoms with Gasteiger partial charge in [-0.15, -0.1) is 0 Å². The van der Waals surface area contributed by atoms with Gasteiger partial charge in [-0.2, -0.15) is 5.10 Å². The summed E-state index contributed by atoms with van der Waals surface area (Å²) in [4.78, 5) is 0. The molecule has 0 saturated carbocycles. The van der Waals surface area contributed by atoms with E-state index in [1.54, 1.807) is 0 Å². The number of hydrogen-bond donors (Lipinski definition) is 1. The minimum Gasteiger partial charge on any atom is -0.326 e. The van der Waals surface area contributed by atoms with Crippen molar-refractivity contribution in [3.05, 3.63) is 17.0 Å². The van der Waals surface area contributed by atoms with Crippen LogP contribution in [0.2, 0.25) is 0 Å². The molecule has 0 aromatic carbocycles. The highest BCUT2D eigenvalue weighted by Crippen LogP contribution is 2.12. The van der Waals surface area contributed by atoms with Crippen LogP contribution in [0.4, 0.5) is 4.39 Å². The van der Waals surface area contributed by atoms with Gasteiger partial charge in [-0.25, -0.2) is 0 Å². The van der Waals surface area contributed by atoms with Crippen molar-refractivity contribution in [1.29, 1.82) is 0 Å². The van der Waals surface area contributed by atoms with Crippen LogP contribution in [0.1, 0.15) is 23.4 Å². The van der Waals surface area contributed by atoms with Crippen LogP contribution < -0.4 is 5.73 Å². The Hall–Kier alpha value is -0.900. The maximum Gasteiger partial charge on any atom is 0.0912 e. The van der Waals surface area contributed by atoms with E-state index in [-0.39, 0.29) is 6.67 Å². The van der Waals surface area contributed by atoms with Crippen LogP contribution in [0.3, 0.4) is 0 Å². The number of nitrogens with zero attached hydrogens (tertiary/aromatic N) is 2. The number of nitrogens with two attached hydrogens (primary N) is 1. The number of rotatable bonds is 4. The van der Waals surface area contributed by atoms with E-state index < -0.39 is 0 Å². The third-order valence-corrected chi connectivity index (χ3v) is 2.24. The van der Waals surface area contributed by atoms with Gasteiger partial charge in [0.1, 0.15) is 0 Å². The third-order valence-electron chi connectivity index (χ3n) is 2.24. The average molecular weight is 185 g/mol. The molecule has 0 fully saturated rings. The van der Waals surface area contributed by atoms with E-state index >= 15 is 0 Å². The predicted octanol–water partition coefficient (Wildman–Crippen LogP) is 1.32. The molecule has 0 amide bonds. The minimum absolute atomic E-state index is 0.295. The molecule has 0 bridgehead atoms. The first-order valence-corrected chi connectivity index (χ1v) is 4.49. The van der Waals surface area contributed by atoms with Crippen LogP contribution in [0, 0.1) is 13.8 Å². The molecule has 1 rings (SSSR count). The Kier molecular flexibility index (Phi) is 3.42. The molecule has 0 saturated heterocycles. The summed E-state index contributed by atoms with van der Waals surface area (Å²) in [6, 6.07) is 0. The first-order chi connectivity index (χ1) is 6.20. The zero-order valence-corrected chi connectivity index (χ0v) is 8.18. The average Bonchev–Trinajstić information content (AvgIpc) is 2.38. The Balaban J connectivity index is 2.83. The first kappa shape index (κ1) is 10.2. The van der Waals surface area contributed by atoms with Gasteiger partial charge in [0, 0.05) is 24.3 Å². The van der Waals surface area contributed by atoms with E-state index in [1.807, 2.05) is 18.5 Å². The van der Waals surface area contributed by atoms with Gasteiger partial charge in [-0.3, -0.25) is 9.07 Å². The lowest BCUT2D eigenvalue weighted by atomic mass is 10.2. The van der Waals surface area contributed by atoms with E-state index in [2.05, 4.69) is 5.10 Å². The molecule has 0 aliphatic carbocycles. The Bertz CT molecular complexity index is 281. The van der Waals surface area contributed by atoms with Crippen LogP contribution >= 0.6 is 0 Å². The summed E-state index contributed by atoms with van der Waals surface area (Å²) in [6.07, 6.45) is 0.520. The fraction of sp³-hybridized carbons (Fsp3) is 0.667. The quantitative estimate of drug-likeness (QED) is 0.768. The standard InChI is InChI=1S/C9H16FN3/c1-7-9(6-11)8(2)13(12-7)5-3-4-10/h3-6,11H2,1-2H3. The van der Waals surface area contributed by atoms with Gasteiger partial charge < -0.3 is 5.73 Å². The normalized spacial score (nSPS) is 10.8. The molecular formula is C9H16FN3. The largest absolute Gasteiger partial charge is 0.326 e. The van der Waals surface area contributed by atoms with E-state index in [9.17, 15) is 4.39 Å². The summed E-state index contributed by atoms with van der Waals surface area (Å²) in [5.41, 5.74) is 8.67. The maximum atomic E-state index is 11.9. The highest BCUT2D eigenvalue weighted by Gasteiger charge is 2.08. The first-order valence-electron chi connectivity index (χ1n) is 4.49. The van der Waals surface area contributed by atoms with Crippen molar-refractivity contribution >= 4 is 0 Å². The minimum atomic E-state index is -0.295. The van der Waals surface area contributed by atoms with Crippen LogP contribution in [0.25, 0.3) is 0 Å². The molecule has 3 nitrogen and oxygen atoms in total. The molecule has 0 atom stereocenters. The summed E-state index contributed by atoms with van der Waals surface area (Å²) < 4.78 is 13.8. The maximum absolute atomic E-state index is 11.9. The van der Waals surface area contributed by atoms with Crippen molar-refractivity contribution in [2.24, 2.45) is 5.73 Å². The molecule has 0 aliphatic heterocycles. The molecular weight excluding hydrogens is 169 g/mol. The predicted molar refractivity (Wildman–Crippen MR) is 50.2 cm³/mol. The lowest BCUT2D eigenvalue weighted by Gasteiger charge is -2.02. The second-order valence-corrected chi connectivity index (χ2v) is 3.12. The van der Waals surface area contributed by atoms with Crippen molar-refractivity contribution < 1.29 is 4.39 Å². The molecule has 1 aromatic heterocycles. The molecule has 13 heavy (non-hydrogen) atoms. The van der Waals surface area contributed by atoms with Gasteiger partial charge in [-0.1, -0.05) is 0 Å². The second kappa shape index (κ2) is 4.37. The van der Waals surface area contributed by atoms with Crippen molar-refractivity contribution in [1.82, 2.24) is 9.78 Å². The third kappa shape index (κ3) is 2.06. The van der Waals surface area contributed by atoms with Crippen LogP contribution in [0.5, 0.6) is 0 Å². The number of aryl methyl sites for hydroxylation is 2. The van der Waals surface area contributed by atoms with E-state index in [0.717, 1.165) is 17.0 Å². The van der Waals surface area contributed by atoms with Gasteiger partial charge in [0.15, 0.2) is 0 Å². The summed E-state index contributed by atoms with van der Waals surface area (Å²) in [5, 5.41) is 4.29. The van der Waals surface area contributed by atoms with Crippen molar-refractivity contribution in [3.8, 4) is 0 Å². The lowest BCUT2D eigenvalue weighted by Crippen LogP contribution is -2.04. The molecule has 4 heteroatoms. The number of hydrogen-bond acceptors (Lipinski definition) is 2. The van der Waals surface area contributed by atoms with Crippen LogP contribution in [-0.4, -0.2) is 16.5 Å². The molecule has 1 aromatic rings. The van der Waals surface area contributed by atoms with Crippen LogP contribution in [0.15, 0.2) is 0 Å². The topological polar surface area (TPSA) is 43.8 Å². The molecule has 74 valence electrons. The molecule has 0 unspecified atom stereocenters. The SMILES string of the molecule is Cc1nn(CCCF)c(C)c1CN. The summed E-state index contributed by atoms with van der Waals surface area (Å²) in [7, 11) is 0. The van der Waals surface area contributed by atoms with Gasteiger partial charge in [-0.05, 0) is 20.3 Å². The monoisotopic (exact) mass is 185 g/mol. The number of alkyl halides is 1. The van der Waals surface area contributed by atoms with E-state index in [0.29, 0.717) is 19.5 Å². The van der Waals surface area contributed by atoms with Crippen LogP contribution in [-0.2, 0) is 13.1 Å². The molecule has 2 N–H and O–H groups in total. The summed E-state index contributed by atoms with van der Waals surface area (Å²) in [6.45, 7) is 4.76. The van der Waals surface area contributed by atoms with Crippen molar-refractivity contribution in [2.75, 3.05) is 6.67 Å². The second-order valence-electron chi connectivity index (χ2n) is 3.12. The smallest absolute Gasteiger partial charge is 0.0912 e. The van der Waals surface area contributed by atoms with Crippen molar-refractivity contribution in [2.45, 2.75) is 33.4 Å². The fourth-order valence-electron chi connectivity index (χ4n) is 1.46. The summed E-state index contributed by atoms with van der Waals surface area (Å²) in [5.74, 6) is 0. The fourth-order valence-corrected chi connectivity index (χ4v) is 1.46. The number of aromatic nitrogens is 2. The Morgan fingerprint density at radius 2 is 2.15 bits per heavy atom. The summed E-state index contributed by atoms with van der Waals surface area (Å²) >= 11 is 0. The van der Waals surface area contributed by atoms with E-state index in [1.165, 1.54) is 0 Å². The Morgan fingerprint density at radius 3 is 2.62 bits per heavy atom. The highest BCUT2D eigenvalue weighted by molar-refractivity contribution is 5.23. The zero-order valence-electron chi connectivity index (χ0n) is 8.18. The molecule has 0 spiro atoms. The highest BCUT2D eigenvalue weighted by atomic mass is 19.1. The number of halogens is 1. The van der Waals surface area contributed by atoms with Gasteiger partial charge in [0.25, 0.3) is 0 Å². The Labute approximate surface area is 77.7 Å². The zero-order chi connectivity index (χ0) is 9.84. The van der Waals surface area contributed by atoms with Gasteiger partial charge in [0.2, 0.25) is 0 Å². The molecule has 0 aliphatic rings. The lowest BCUT2D eigenvalue weighted by molar-refractivity contribution is 0.431.